The first kappa shape index (κ1) is 21.5. The Hall–Kier alpha value is -3.16. The summed E-state index contributed by atoms with van der Waals surface area (Å²) in [6, 6.07) is 6.96. The fraction of sp³-hybridized carbons (Fsp3) is 0.455. The Morgan fingerprint density at radius 3 is 2.50 bits per heavy atom. The van der Waals surface area contributed by atoms with E-state index in [4.69, 9.17) is 9.47 Å². The molecule has 8 heteroatoms. The summed E-state index contributed by atoms with van der Waals surface area (Å²) in [5.41, 5.74) is -0.299. The molecule has 1 saturated heterocycles. The van der Waals surface area contributed by atoms with E-state index in [0.717, 1.165) is 18.6 Å². The van der Waals surface area contributed by atoms with Crippen LogP contribution in [0.4, 0.5) is 5.82 Å². The van der Waals surface area contributed by atoms with Gasteiger partial charge in [-0.25, -0.2) is 9.78 Å². The van der Waals surface area contributed by atoms with E-state index < -0.39 is 11.6 Å². The number of carbonyl (C=O) groups is 2. The number of hydrogen-bond acceptors (Lipinski definition) is 7. The first-order valence-electron chi connectivity index (χ1n) is 10.1. The molecule has 0 aliphatic carbocycles. The van der Waals surface area contributed by atoms with Gasteiger partial charge in [-0.1, -0.05) is 0 Å². The zero-order valence-corrected chi connectivity index (χ0v) is 17.6. The molecule has 8 nitrogen and oxygen atoms in total. The van der Waals surface area contributed by atoms with Gasteiger partial charge in [-0.3, -0.25) is 9.78 Å². The van der Waals surface area contributed by atoms with Crippen molar-refractivity contribution in [1.82, 2.24) is 14.9 Å². The summed E-state index contributed by atoms with van der Waals surface area (Å²) >= 11 is 0. The van der Waals surface area contributed by atoms with Crippen LogP contribution in [0.15, 0.2) is 42.9 Å². The fourth-order valence-electron chi connectivity index (χ4n) is 3.15. The molecule has 160 valence electrons. The summed E-state index contributed by atoms with van der Waals surface area (Å²) in [5, 5.41) is 2.99. The van der Waals surface area contributed by atoms with Crippen molar-refractivity contribution in [2.45, 2.75) is 45.3 Å². The third-order valence-electron chi connectivity index (χ3n) is 4.58. The van der Waals surface area contributed by atoms with Crippen LogP contribution in [0.1, 0.15) is 44.0 Å². The second-order valence-corrected chi connectivity index (χ2v) is 8.14. The molecule has 0 spiro atoms. The molecule has 1 N–H and O–H groups in total. The zero-order valence-electron chi connectivity index (χ0n) is 17.6. The summed E-state index contributed by atoms with van der Waals surface area (Å²) in [7, 11) is 0. The van der Waals surface area contributed by atoms with E-state index in [2.05, 4.69) is 15.3 Å². The second-order valence-electron chi connectivity index (χ2n) is 8.14. The Morgan fingerprint density at radius 2 is 1.83 bits per heavy atom. The molecule has 3 rings (SSSR count). The first-order chi connectivity index (χ1) is 14.3. The van der Waals surface area contributed by atoms with E-state index in [0.29, 0.717) is 24.5 Å². The summed E-state index contributed by atoms with van der Waals surface area (Å²) in [4.78, 5) is 35.0. The van der Waals surface area contributed by atoms with E-state index in [9.17, 15) is 9.59 Å². The lowest BCUT2D eigenvalue weighted by molar-refractivity contribution is -0.131. The minimum Gasteiger partial charge on any atom is -0.490 e. The fourth-order valence-corrected chi connectivity index (χ4v) is 3.15. The number of carbonyl (C=O) groups excluding carboxylic acids is 2. The molecule has 0 radical (unpaired) electrons. The molecule has 0 aromatic carbocycles. The highest BCUT2D eigenvalue weighted by atomic mass is 16.6. The molecular weight excluding hydrogens is 384 g/mol. The molecule has 0 unspecified atom stereocenters. The van der Waals surface area contributed by atoms with Crippen LogP contribution in [-0.2, 0) is 9.53 Å². The number of piperidine rings is 1. The van der Waals surface area contributed by atoms with Gasteiger partial charge in [0.15, 0.2) is 0 Å². The van der Waals surface area contributed by atoms with Gasteiger partial charge in [0.2, 0.25) is 5.91 Å². The maximum absolute atomic E-state index is 12.6. The van der Waals surface area contributed by atoms with Gasteiger partial charge in [0, 0.05) is 44.5 Å². The predicted molar refractivity (Wildman–Crippen MR) is 112 cm³/mol. The second kappa shape index (κ2) is 9.56. The van der Waals surface area contributed by atoms with Crippen molar-refractivity contribution in [2.24, 2.45) is 0 Å². The van der Waals surface area contributed by atoms with Gasteiger partial charge in [-0.2, -0.15) is 0 Å². The molecule has 0 atom stereocenters. The normalized spacial score (nSPS) is 14.8. The quantitative estimate of drug-likeness (QED) is 0.729. The van der Waals surface area contributed by atoms with Crippen LogP contribution in [0.5, 0.6) is 5.75 Å². The average molecular weight is 412 g/mol. The topological polar surface area (TPSA) is 93.6 Å². The highest BCUT2D eigenvalue weighted by Crippen LogP contribution is 2.19. The molecule has 2 aromatic rings. The molecule has 0 bridgehead atoms. The Bertz CT molecular complexity index is 859. The minimum absolute atomic E-state index is 0.0434. The van der Waals surface area contributed by atoms with Gasteiger partial charge < -0.3 is 19.7 Å². The molecule has 30 heavy (non-hydrogen) atoms. The van der Waals surface area contributed by atoms with E-state index in [1.807, 2.05) is 12.1 Å². The van der Waals surface area contributed by atoms with Crippen LogP contribution >= 0.6 is 0 Å². The lowest BCUT2D eigenvalue weighted by atomic mass is 10.1. The average Bonchev–Trinajstić information content (AvgIpc) is 2.72. The number of esters is 1. The summed E-state index contributed by atoms with van der Waals surface area (Å²) in [6.45, 7) is 6.72. The number of anilines is 1. The van der Waals surface area contributed by atoms with Crippen molar-refractivity contribution < 1.29 is 19.1 Å². The molecule has 2 aromatic heterocycles. The highest BCUT2D eigenvalue weighted by Gasteiger charge is 2.25. The largest absolute Gasteiger partial charge is 0.490 e. The van der Waals surface area contributed by atoms with Crippen LogP contribution < -0.4 is 10.1 Å². The van der Waals surface area contributed by atoms with Gasteiger partial charge in [0.25, 0.3) is 0 Å². The van der Waals surface area contributed by atoms with Gasteiger partial charge in [0.1, 0.15) is 28.8 Å². The van der Waals surface area contributed by atoms with E-state index in [-0.39, 0.29) is 18.6 Å². The molecule has 1 amide bonds. The maximum atomic E-state index is 12.6. The van der Waals surface area contributed by atoms with E-state index >= 15 is 0 Å². The smallest absolute Gasteiger partial charge is 0.342 e. The number of aromatic nitrogens is 2. The zero-order chi connectivity index (χ0) is 21.6. The van der Waals surface area contributed by atoms with E-state index in [1.165, 1.54) is 0 Å². The number of likely N-dealkylation sites (tertiary alicyclic amines) is 1. The lowest BCUT2D eigenvalue weighted by Gasteiger charge is -2.32. The van der Waals surface area contributed by atoms with Crippen LogP contribution in [0.2, 0.25) is 0 Å². The maximum Gasteiger partial charge on any atom is 0.342 e. The Balaban J connectivity index is 1.50. The summed E-state index contributed by atoms with van der Waals surface area (Å²) in [6.07, 6.45) is 6.58. The van der Waals surface area contributed by atoms with Crippen LogP contribution in [0, 0.1) is 0 Å². The number of pyridine rings is 2. The van der Waals surface area contributed by atoms with Crippen molar-refractivity contribution in [3.05, 3.63) is 48.4 Å². The minimum atomic E-state index is -0.608. The number of nitrogens with zero attached hydrogens (tertiary/aromatic N) is 3. The number of hydrogen-bond donors (Lipinski definition) is 1. The van der Waals surface area contributed by atoms with Crippen molar-refractivity contribution >= 4 is 17.7 Å². The molecule has 3 heterocycles. The van der Waals surface area contributed by atoms with Crippen LogP contribution in [0.3, 0.4) is 0 Å². The monoisotopic (exact) mass is 412 g/mol. The highest BCUT2D eigenvalue weighted by molar-refractivity contribution is 5.95. The lowest BCUT2D eigenvalue weighted by Crippen LogP contribution is -2.44. The predicted octanol–water partition coefficient (Wildman–Crippen LogP) is 2.91. The van der Waals surface area contributed by atoms with Crippen molar-refractivity contribution in [3.63, 3.8) is 0 Å². The Kier molecular flexibility index (Phi) is 6.87. The number of rotatable bonds is 6. The van der Waals surface area contributed by atoms with Crippen LogP contribution in [-0.4, -0.2) is 58.1 Å². The van der Waals surface area contributed by atoms with Gasteiger partial charge in [0.05, 0.1) is 6.54 Å². The molecular formula is C22H28N4O4. The van der Waals surface area contributed by atoms with Crippen molar-refractivity contribution in [3.8, 4) is 5.75 Å². The molecule has 0 saturated carbocycles. The summed E-state index contributed by atoms with van der Waals surface area (Å²) < 4.78 is 11.4. The molecule has 1 aliphatic heterocycles. The third kappa shape index (κ3) is 6.17. The van der Waals surface area contributed by atoms with Gasteiger partial charge in [-0.05, 0) is 45.0 Å². The standard InChI is InChI=1S/C22H28N4O4/c1-22(2,3)30-21(28)18-5-4-10-24-20(18)25-15-19(27)26-13-8-17(9-14-26)29-16-6-11-23-12-7-16/h4-7,10-12,17H,8-9,13-15H2,1-3H3,(H,24,25). The van der Waals surface area contributed by atoms with Gasteiger partial charge in [-0.15, -0.1) is 0 Å². The van der Waals surface area contributed by atoms with E-state index in [1.54, 1.807) is 56.4 Å². The first-order valence-corrected chi connectivity index (χ1v) is 10.1. The number of amides is 1. The molecule has 1 fully saturated rings. The van der Waals surface area contributed by atoms with Crippen molar-refractivity contribution in [1.29, 1.82) is 0 Å². The Labute approximate surface area is 176 Å². The third-order valence-corrected chi connectivity index (χ3v) is 4.58. The SMILES string of the molecule is CC(C)(C)OC(=O)c1cccnc1NCC(=O)N1CCC(Oc2ccncc2)CC1. The molecule has 1 aliphatic rings. The number of ether oxygens (including phenoxy) is 2. The van der Waals surface area contributed by atoms with Crippen LogP contribution in [0.25, 0.3) is 0 Å². The van der Waals surface area contributed by atoms with Gasteiger partial charge >= 0.3 is 5.97 Å². The summed E-state index contributed by atoms with van der Waals surface area (Å²) in [5.74, 6) is 0.620. The number of nitrogens with one attached hydrogen (secondary N) is 1. The van der Waals surface area contributed by atoms with Crippen molar-refractivity contribution in [2.75, 3.05) is 25.0 Å². The Morgan fingerprint density at radius 1 is 1.13 bits per heavy atom.